The Balaban J connectivity index is 2.17. The third-order valence-corrected chi connectivity index (χ3v) is 4.54. The Morgan fingerprint density at radius 2 is 1.75 bits per heavy atom. The van der Waals surface area contributed by atoms with E-state index in [0.29, 0.717) is 0 Å². The first kappa shape index (κ1) is 13.7. The molecule has 20 heavy (non-hydrogen) atoms. The van der Waals surface area contributed by atoms with Gasteiger partial charge in [0.1, 0.15) is 0 Å². The lowest BCUT2D eigenvalue weighted by Crippen LogP contribution is -2.13. The number of benzene rings is 2. The predicted octanol–water partition coefficient (Wildman–Crippen LogP) is 4.81. The van der Waals surface area contributed by atoms with Gasteiger partial charge in [0, 0.05) is 26.7 Å². The molecular weight excluding hydrogens is 380 g/mol. The molecule has 2 aromatic carbocycles. The molecule has 100 valence electrons. The van der Waals surface area contributed by atoms with E-state index in [2.05, 4.69) is 49.0 Å². The Morgan fingerprint density at radius 1 is 0.950 bits per heavy atom. The highest BCUT2D eigenvalue weighted by Crippen LogP contribution is 2.32. The molecule has 0 aliphatic heterocycles. The number of rotatable bonds is 2. The van der Waals surface area contributed by atoms with Crippen molar-refractivity contribution >= 4 is 42.6 Å². The van der Waals surface area contributed by atoms with E-state index in [9.17, 15) is 0 Å². The molecule has 0 radical (unpaired) electrons. The van der Waals surface area contributed by atoms with Crippen LogP contribution in [-0.2, 0) is 0 Å². The summed E-state index contributed by atoms with van der Waals surface area (Å²) in [5.74, 6) is 0. The Labute approximate surface area is 134 Å². The van der Waals surface area contributed by atoms with Gasteiger partial charge in [-0.1, -0.05) is 56.1 Å². The summed E-state index contributed by atoms with van der Waals surface area (Å²) < 4.78 is 2.01. The minimum Gasteiger partial charge on any atom is -0.320 e. The first-order valence-corrected chi connectivity index (χ1v) is 7.78. The molecule has 3 aromatic rings. The molecule has 1 unspecified atom stereocenters. The van der Waals surface area contributed by atoms with Gasteiger partial charge in [0.05, 0.1) is 6.04 Å². The smallest absolute Gasteiger partial charge is 0.0584 e. The maximum absolute atomic E-state index is 6.46. The first-order valence-electron chi connectivity index (χ1n) is 6.20. The Kier molecular flexibility index (Phi) is 3.87. The van der Waals surface area contributed by atoms with E-state index < -0.39 is 0 Å². The summed E-state index contributed by atoms with van der Waals surface area (Å²) in [7, 11) is 0. The van der Waals surface area contributed by atoms with Crippen LogP contribution < -0.4 is 5.73 Å². The van der Waals surface area contributed by atoms with Crippen molar-refractivity contribution in [2.24, 2.45) is 5.73 Å². The molecule has 0 amide bonds. The fraction of sp³-hybridized carbons (Fsp3) is 0.0625. The molecule has 3 rings (SSSR count). The quantitative estimate of drug-likeness (QED) is 0.680. The van der Waals surface area contributed by atoms with Gasteiger partial charge in [-0.25, -0.2) is 0 Å². The summed E-state index contributed by atoms with van der Waals surface area (Å²) in [6.07, 6.45) is 3.71. The molecule has 0 aliphatic rings. The zero-order chi connectivity index (χ0) is 14.1. The molecule has 0 fully saturated rings. The van der Waals surface area contributed by atoms with Crippen LogP contribution in [0.4, 0.5) is 0 Å². The van der Waals surface area contributed by atoms with Crippen molar-refractivity contribution in [3.8, 4) is 0 Å². The summed E-state index contributed by atoms with van der Waals surface area (Å²) in [5, 5.41) is 2.24. The summed E-state index contributed by atoms with van der Waals surface area (Å²) in [5.41, 5.74) is 8.53. The van der Waals surface area contributed by atoms with Gasteiger partial charge in [-0.2, -0.15) is 0 Å². The SMILES string of the molecule is NC(c1cc(Br)ccc1Br)c1cncc2ccccc12. The molecule has 0 saturated heterocycles. The number of aromatic nitrogens is 1. The van der Waals surface area contributed by atoms with Gasteiger partial charge in [-0.15, -0.1) is 0 Å². The Bertz CT molecular complexity index is 766. The molecule has 0 saturated carbocycles. The number of fused-ring (bicyclic) bond motifs is 1. The van der Waals surface area contributed by atoms with Gasteiger partial charge in [0.25, 0.3) is 0 Å². The van der Waals surface area contributed by atoms with Gasteiger partial charge < -0.3 is 5.73 Å². The highest BCUT2D eigenvalue weighted by Gasteiger charge is 2.15. The molecule has 1 atom stereocenters. The van der Waals surface area contributed by atoms with Crippen molar-refractivity contribution in [3.05, 3.63) is 74.9 Å². The average Bonchev–Trinajstić information content (AvgIpc) is 2.48. The van der Waals surface area contributed by atoms with Crippen LogP contribution in [0.25, 0.3) is 10.8 Å². The van der Waals surface area contributed by atoms with Gasteiger partial charge >= 0.3 is 0 Å². The zero-order valence-corrected chi connectivity index (χ0v) is 13.7. The molecule has 2 nitrogen and oxygen atoms in total. The van der Waals surface area contributed by atoms with Crippen molar-refractivity contribution in [3.63, 3.8) is 0 Å². The molecule has 0 spiro atoms. The number of nitrogens with two attached hydrogens (primary N) is 1. The van der Waals surface area contributed by atoms with Crippen LogP contribution in [0.3, 0.4) is 0 Å². The predicted molar refractivity (Wildman–Crippen MR) is 89.6 cm³/mol. The van der Waals surface area contributed by atoms with Crippen molar-refractivity contribution in [1.82, 2.24) is 4.98 Å². The van der Waals surface area contributed by atoms with Crippen molar-refractivity contribution in [2.75, 3.05) is 0 Å². The van der Waals surface area contributed by atoms with Crippen LogP contribution in [-0.4, -0.2) is 4.98 Å². The van der Waals surface area contributed by atoms with Crippen molar-refractivity contribution in [2.45, 2.75) is 6.04 Å². The second-order valence-corrected chi connectivity index (χ2v) is 6.36. The van der Waals surface area contributed by atoms with Gasteiger partial charge in [0.15, 0.2) is 0 Å². The molecular formula is C16H12Br2N2. The van der Waals surface area contributed by atoms with E-state index in [4.69, 9.17) is 5.73 Å². The van der Waals surface area contributed by atoms with Crippen LogP contribution in [0.2, 0.25) is 0 Å². The average molecular weight is 392 g/mol. The van der Waals surface area contributed by atoms with Gasteiger partial charge in [-0.05, 0) is 34.7 Å². The van der Waals surface area contributed by atoms with E-state index in [1.807, 2.05) is 42.7 Å². The minimum atomic E-state index is -0.222. The number of halogens is 2. The standard InChI is InChI=1S/C16H12Br2N2/c17-11-5-6-15(18)13(7-11)16(19)14-9-20-8-10-3-1-2-4-12(10)14/h1-9,16H,19H2. The number of pyridine rings is 1. The number of hydrogen-bond donors (Lipinski definition) is 1. The van der Waals surface area contributed by atoms with Crippen molar-refractivity contribution in [1.29, 1.82) is 0 Å². The summed E-state index contributed by atoms with van der Waals surface area (Å²) in [4.78, 5) is 4.30. The molecule has 0 aliphatic carbocycles. The van der Waals surface area contributed by atoms with Gasteiger partial charge in [-0.3, -0.25) is 4.98 Å². The second-order valence-electron chi connectivity index (χ2n) is 4.59. The lowest BCUT2D eigenvalue weighted by molar-refractivity contribution is 0.867. The largest absolute Gasteiger partial charge is 0.320 e. The van der Waals surface area contributed by atoms with Crippen molar-refractivity contribution < 1.29 is 0 Å². The fourth-order valence-corrected chi connectivity index (χ4v) is 3.18. The first-order chi connectivity index (χ1) is 9.66. The molecule has 2 N–H and O–H groups in total. The van der Waals surface area contributed by atoms with E-state index in [-0.39, 0.29) is 6.04 Å². The lowest BCUT2D eigenvalue weighted by Gasteiger charge is -2.16. The van der Waals surface area contributed by atoms with E-state index >= 15 is 0 Å². The molecule has 1 aromatic heterocycles. The Hall–Kier alpha value is -1.23. The zero-order valence-electron chi connectivity index (χ0n) is 10.6. The molecule has 4 heteroatoms. The third kappa shape index (κ3) is 2.51. The second kappa shape index (κ2) is 5.64. The topological polar surface area (TPSA) is 38.9 Å². The monoisotopic (exact) mass is 390 g/mol. The maximum atomic E-state index is 6.46. The van der Waals surface area contributed by atoms with Crippen LogP contribution in [0.1, 0.15) is 17.2 Å². The molecule has 0 bridgehead atoms. The van der Waals surface area contributed by atoms with E-state index in [0.717, 1.165) is 30.8 Å². The van der Waals surface area contributed by atoms with Crippen LogP contribution in [0.5, 0.6) is 0 Å². The molecule has 1 heterocycles. The Morgan fingerprint density at radius 3 is 2.60 bits per heavy atom. The summed E-state index contributed by atoms with van der Waals surface area (Å²) >= 11 is 7.07. The third-order valence-electron chi connectivity index (χ3n) is 3.33. The van der Waals surface area contributed by atoms with Crippen LogP contribution in [0, 0.1) is 0 Å². The number of hydrogen-bond acceptors (Lipinski definition) is 2. The summed E-state index contributed by atoms with van der Waals surface area (Å²) in [6, 6.07) is 14.0. The normalized spacial score (nSPS) is 12.6. The highest BCUT2D eigenvalue weighted by atomic mass is 79.9. The number of nitrogens with zero attached hydrogens (tertiary/aromatic N) is 1. The maximum Gasteiger partial charge on any atom is 0.0584 e. The van der Waals surface area contributed by atoms with E-state index in [1.54, 1.807) is 0 Å². The van der Waals surface area contributed by atoms with E-state index in [1.165, 1.54) is 0 Å². The fourth-order valence-electron chi connectivity index (χ4n) is 2.31. The van der Waals surface area contributed by atoms with Crippen LogP contribution >= 0.6 is 31.9 Å². The summed E-state index contributed by atoms with van der Waals surface area (Å²) in [6.45, 7) is 0. The highest BCUT2D eigenvalue weighted by molar-refractivity contribution is 9.11. The van der Waals surface area contributed by atoms with Gasteiger partial charge in [0.2, 0.25) is 0 Å². The minimum absolute atomic E-state index is 0.222. The van der Waals surface area contributed by atoms with Crippen LogP contribution in [0.15, 0.2) is 63.8 Å². The lowest BCUT2D eigenvalue weighted by atomic mass is 9.96.